The summed E-state index contributed by atoms with van der Waals surface area (Å²) in [4.78, 5) is 27.1. The minimum atomic E-state index is -0.657. The molecule has 0 bridgehead atoms. The number of nitrogens with zero attached hydrogens (tertiary/aromatic N) is 1. The molecule has 136 valence electrons. The Kier molecular flexibility index (Phi) is 4.86. The fraction of sp³-hybridized carbons (Fsp3) is 0.364. The topological polar surface area (TPSA) is 46.6 Å². The second-order valence-electron chi connectivity index (χ2n) is 7.81. The lowest BCUT2D eigenvalue weighted by Crippen LogP contribution is -2.47. The summed E-state index contributed by atoms with van der Waals surface area (Å²) in [6.45, 7) is 7.45. The van der Waals surface area contributed by atoms with E-state index in [0.717, 1.165) is 16.7 Å². The number of anilines is 1. The van der Waals surface area contributed by atoms with Crippen molar-refractivity contribution in [3.8, 4) is 0 Å². The van der Waals surface area contributed by atoms with E-state index in [1.807, 2.05) is 49.4 Å². The van der Waals surface area contributed by atoms with E-state index in [-0.39, 0.29) is 11.8 Å². The van der Waals surface area contributed by atoms with Crippen LogP contribution in [0.25, 0.3) is 0 Å². The molecule has 3 rings (SSSR count). The van der Waals surface area contributed by atoms with Crippen molar-refractivity contribution < 1.29 is 14.3 Å². The largest absolute Gasteiger partial charge is 0.443 e. The molecule has 0 fully saturated rings. The Balaban J connectivity index is 1.94. The molecule has 4 heteroatoms. The van der Waals surface area contributed by atoms with Gasteiger partial charge in [0.05, 0.1) is 5.69 Å². The van der Waals surface area contributed by atoms with E-state index in [9.17, 15) is 9.59 Å². The van der Waals surface area contributed by atoms with Crippen LogP contribution in [0.15, 0.2) is 48.5 Å². The molecule has 2 amide bonds. The summed E-state index contributed by atoms with van der Waals surface area (Å²) in [6.07, 6.45) is 0.631. The van der Waals surface area contributed by atoms with E-state index >= 15 is 0 Å². The molecule has 2 aromatic carbocycles. The van der Waals surface area contributed by atoms with Crippen molar-refractivity contribution in [3.05, 3.63) is 65.2 Å². The highest BCUT2D eigenvalue weighted by molar-refractivity contribution is 6.15. The molecular formula is C22H25NO3. The molecule has 26 heavy (non-hydrogen) atoms. The van der Waals surface area contributed by atoms with Gasteiger partial charge in [0.1, 0.15) is 5.60 Å². The Bertz CT molecular complexity index is 835. The summed E-state index contributed by atoms with van der Waals surface area (Å²) in [6, 6.07) is 15.6. The predicted octanol–water partition coefficient (Wildman–Crippen LogP) is 4.68. The SMILES string of the molecule is Cc1ccccc1C[C@H]1Cc2ccccc2N(C(=O)OC(C)(C)C)C1=O. The van der Waals surface area contributed by atoms with Crippen molar-refractivity contribution in [3.63, 3.8) is 0 Å². The number of benzene rings is 2. The molecule has 0 spiro atoms. The number of carbonyl (C=O) groups excluding carboxylic acids is 2. The van der Waals surface area contributed by atoms with Crippen LogP contribution in [0.1, 0.15) is 37.5 Å². The number of imide groups is 1. The van der Waals surface area contributed by atoms with Gasteiger partial charge in [0.2, 0.25) is 5.91 Å². The molecule has 1 aliphatic heterocycles. The Morgan fingerprint density at radius 3 is 2.46 bits per heavy atom. The number of hydrogen-bond acceptors (Lipinski definition) is 3. The normalized spacial score (nSPS) is 17.0. The fourth-order valence-corrected chi connectivity index (χ4v) is 3.32. The molecule has 2 aromatic rings. The molecule has 0 N–H and O–H groups in total. The van der Waals surface area contributed by atoms with Gasteiger partial charge in [-0.2, -0.15) is 0 Å². The quantitative estimate of drug-likeness (QED) is 0.789. The Morgan fingerprint density at radius 2 is 1.77 bits per heavy atom. The number of amides is 2. The average Bonchev–Trinajstić information content (AvgIpc) is 2.56. The summed E-state index contributed by atoms with van der Waals surface area (Å²) in [5.74, 6) is -0.472. The van der Waals surface area contributed by atoms with E-state index in [1.165, 1.54) is 4.90 Å². The molecule has 0 saturated carbocycles. The zero-order chi connectivity index (χ0) is 18.9. The van der Waals surface area contributed by atoms with Gasteiger partial charge in [-0.25, -0.2) is 9.69 Å². The highest BCUT2D eigenvalue weighted by Crippen LogP contribution is 2.33. The third-order valence-corrected chi connectivity index (χ3v) is 4.57. The Hall–Kier alpha value is -2.62. The third-order valence-electron chi connectivity index (χ3n) is 4.57. The van der Waals surface area contributed by atoms with E-state index in [0.29, 0.717) is 18.5 Å². The molecule has 0 radical (unpaired) electrons. The first-order chi connectivity index (χ1) is 12.3. The minimum Gasteiger partial charge on any atom is -0.443 e. The van der Waals surface area contributed by atoms with Gasteiger partial charge in [0, 0.05) is 5.92 Å². The molecule has 0 aliphatic carbocycles. The van der Waals surface area contributed by atoms with E-state index < -0.39 is 11.7 Å². The Labute approximate surface area is 154 Å². The van der Waals surface area contributed by atoms with E-state index in [1.54, 1.807) is 26.8 Å². The number of fused-ring (bicyclic) bond motifs is 1. The lowest BCUT2D eigenvalue weighted by atomic mass is 9.86. The fourth-order valence-electron chi connectivity index (χ4n) is 3.32. The summed E-state index contributed by atoms with van der Waals surface area (Å²) in [7, 11) is 0. The molecule has 1 atom stereocenters. The average molecular weight is 351 g/mol. The van der Waals surface area contributed by atoms with Gasteiger partial charge in [0.25, 0.3) is 0 Å². The molecule has 0 unspecified atom stereocenters. The summed E-state index contributed by atoms with van der Waals surface area (Å²) in [5, 5.41) is 0. The van der Waals surface area contributed by atoms with Crippen LogP contribution < -0.4 is 4.90 Å². The molecule has 4 nitrogen and oxygen atoms in total. The van der Waals surface area contributed by atoms with Gasteiger partial charge in [-0.05, 0) is 63.3 Å². The van der Waals surface area contributed by atoms with Gasteiger partial charge in [-0.1, -0.05) is 42.5 Å². The van der Waals surface area contributed by atoms with Gasteiger partial charge in [-0.3, -0.25) is 4.79 Å². The second kappa shape index (κ2) is 6.94. The van der Waals surface area contributed by atoms with Crippen LogP contribution >= 0.6 is 0 Å². The van der Waals surface area contributed by atoms with Crippen LogP contribution in [0.3, 0.4) is 0 Å². The Morgan fingerprint density at radius 1 is 1.12 bits per heavy atom. The second-order valence-corrected chi connectivity index (χ2v) is 7.81. The smallest absolute Gasteiger partial charge is 0.421 e. The van der Waals surface area contributed by atoms with E-state index in [4.69, 9.17) is 4.74 Å². The molecular weight excluding hydrogens is 326 g/mol. The molecule has 1 heterocycles. The number of hydrogen-bond donors (Lipinski definition) is 0. The maximum atomic E-state index is 13.2. The van der Waals surface area contributed by atoms with Crippen LogP contribution in [0.4, 0.5) is 10.5 Å². The first-order valence-electron chi connectivity index (χ1n) is 8.95. The number of carbonyl (C=O) groups is 2. The summed E-state index contributed by atoms with van der Waals surface area (Å²) in [5.41, 5.74) is 3.26. The number of aryl methyl sites for hydroxylation is 1. The van der Waals surface area contributed by atoms with E-state index in [2.05, 4.69) is 0 Å². The highest BCUT2D eigenvalue weighted by Gasteiger charge is 2.38. The van der Waals surface area contributed by atoms with Crippen molar-refractivity contribution in [1.29, 1.82) is 0 Å². The van der Waals surface area contributed by atoms with Crippen LogP contribution in [0, 0.1) is 12.8 Å². The van der Waals surface area contributed by atoms with Crippen molar-refractivity contribution in [2.75, 3.05) is 4.90 Å². The maximum absolute atomic E-state index is 13.2. The highest BCUT2D eigenvalue weighted by atomic mass is 16.6. The summed E-state index contributed by atoms with van der Waals surface area (Å²) >= 11 is 0. The van der Waals surface area contributed by atoms with Crippen molar-refractivity contribution in [2.45, 2.75) is 46.1 Å². The third kappa shape index (κ3) is 3.79. The lowest BCUT2D eigenvalue weighted by molar-refractivity contribution is -0.122. The van der Waals surface area contributed by atoms with Gasteiger partial charge in [0.15, 0.2) is 0 Å². The molecule has 0 aromatic heterocycles. The standard InChI is InChI=1S/C22H25NO3/c1-15-9-5-6-10-16(15)13-18-14-17-11-7-8-12-19(17)23(20(18)24)21(25)26-22(2,3)4/h5-12,18H,13-14H2,1-4H3/t18-/m0/s1. The minimum absolute atomic E-state index is 0.193. The predicted molar refractivity (Wildman–Crippen MR) is 102 cm³/mol. The van der Waals surface area contributed by atoms with Crippen LogP contribution in [-0.4, -0.2) is 17.6 Å². The van der Waals surface area contributed by atoms with Crippen molar-refractivity contribution in [1.82, 2.24) is 0 Å². The van der Waals surface area contributed by atoms with Crippen LogP contribution in [-0.2, 0) is 22.4 Å². The lowest BCUT2D eigenvalue weighted by Gasteiger charge is -2.34. The first kappa shape index (κ1) is 18.2. The van der Waals surface area contributed by atoms with Crippen molar-refractivity contribution >= 4 is 17.7 Å². The zero-order valence-corrected chi connectivity index (χ0v) is 15.8. The van der Waals surface area contributed by atoms with Crippen LogP contribution in [0.5, 0.6) is 0 Å². The molecule has 1 aliphatic rings. The number of para-hydroxylation sites is 1. The van der Waals surface area contributed by atoms with Crippen LogP contribution in [0.2, 0.25) is 0 Å². The number of ether oxygens (including phenoxy) is 1. The van der Waals surface area contributed by atoms with Gasteiger partial charge < -0.3 is 4.74 Å². The monoisotopic (exact) mass is 351 g/mol. The molecule has 0 saturated heterocycles. The zero-order valence-electron chi connectivity index (χ0n) is 15.8. The number of rotatable bonds is 2. The van der Waals surface area contributed by atoms with Crippen molar-refractivity contribution in [2.24, 2.45) is 5.92 Å². The first-order valence-corrected chi connectivity index (χ1v) is 8.95. The summed E-state index contributed by atoms with van der Waals surface area (Å²) < 4.78 is 5.49. The van der Waals surface area contributed by atoms with Gasteiger partial charge in [-0.15, -0.1) is 0 Å². The van der Waals surface area contributed by atoms with Gasteiger partial charge >= 0.3 is 6.09 Å². The maximum Gasteiger partial charge on any atom is 0.421 e.